The van der Waals surface area contributed by atoms with Gasteiger partial charge in [-0.05, 0) is 0 Å². The summed E-state index contributed by atoms with van der Waals surface area (Å²) in [5.41, 5.74) is 0. The first-order valence-corrected chi connectivity index (χ1v) is 10.6. The molecule has 56 valence electrons. The Morgan fingerprint density at radius 3 is 1.90 bits per heavy atom. The van der Waals surface area contributed by atoms with Crippen molar-refractivity contribution in [3.05, 3.63) is 30.3 Å². The van der Waals surface area contributed by atoms with Gasteiger partial charge in [0.05, 0.1) is 0 Å². The van der Waals surface area contributed by atoms with Gasteiger partial charge in [-0.25, -0.2) is 0 Å². The third-order valence-electron chi connectivity index (χ3n) is 1.16. The van der Waals surface area contributed by atoms with E-state index in [4.69, 9.17) is 24.5 Å². The minimum absolute atomic E-state index is 0.894. The number of nitrogens with two attached hydrogens (primary N) is 1. The zero-order valence-electron chi connectivity index (χ0n) is 5.22. The third-order valence-corrected chi connectivity index (χ3v) is 5.74. The third kappa shape index (κ3) is 2.17. The van der Waals surface area contributed by atoms with Crippen LogP contribution in [-0.2, 0) is 0 Å². The SMILES string of the molecule is N[AsH](Cl)(Cl)c1ccccc1. The van der Waals surface area contributed by atoms with Crippen molar-refractivity contribution in [1.29, 1.82) is 0 Å². The molecule has 0 aliphatic heterocycles. The molecular formula is C6H8AsCl2N. The number of benzene rings is 1. The molecule has 1 aromatic rings. The number of hydrogen-bond donors (Lipinski definition) is 1. The zero-order valence-corrected chi connectivity index (χ0v) is 8.83. The van der Waals surface area contributed by atoms with E-state index in [1.165, 1.54) is 0 Å². The van der Waals surface area contributed by atoms with Gasteiger partial charge >= 0.3 is 71.1 Å². The Morgan fingerprint density at radius 1 is 1.10 bits per heavy atom. The van der Waals surface area contributed by atoms with Crippen LogP contribution in [0.15, 0.2) is 30.3 Å². The van der Waals surface area contributed by atoms with Crippen LogP contribution in [0.5, 0.6) is 0 Å². The van der Waals surface area contributed by atoms with Crippen molar-refractivity contribution in [2.45, 2.75) is 0 Å². The average molecular weight is 240 g/mol. The summed E-state index contributed by atoms with van der Waals surface area (Å²) in [7, 11) is 11.6. The fraction of sp³-hybridized carbons (Fsp3) is 0. The van der Waals surface area contributed by atoms with Crippen LogP contribution in [0.4, 0.5) is 0 Å². The molecule has 2 N–H and O–H groups in total. The molecule has 0 spiro atoms. The molecular weight excluding hydrogens is 232 g/mol. The molecule has 0 saturated carbocycles. The Labute approximate surface area is 71.1 Å². The maximum atomic E-state index is 5.79. The summed E-state index contributed by atoms with van der Waals surface area (Å²) in [6, 6.07) is 9.39. The fourth-order valence-corrected chi connectivity index (χ4v) is 3.31. The van der Waals surface area contributed by atoms with Gasteiger partial charge in [-0.15, -0.1) is 0 Å². The quantitative estimate of drug-likeness (QED) is 0.728. The van der Waals surface area contributed by atoms with Crippen LogP contribution < -0.4 is 9.00 Å². The van der Waals surface area contributed by atoms with Crippen LogP contribution in [0.25, 0.3) is 0 Å². The second kappa shape index (κ2) is 3.15. The Morgan fingerprint density at radius 2 is 1.60 bits per heavy atom. The van der Waals surface area contributed by atoms with Crippen molar-refractivity contribution in [2.24, 2.45) is 4.65 Å². The summed E-state index contributed by atoms with van der Waals surface area (Å²) >= 11 is -3.05. The van der Waals surface area contributed by atoms with E-state index in [0.29, 0.717) is 0 Å². The van der Waals surface area contributed by atoms with Crippen LogP contribution >= 0.6 is 19.9 Å². The Hall–Kier alpha value is 0.318. The maximum absolute atomic E-state index is 5.79. The second-order valence-electron chi connectivity index (χ2n) is 1.99. The van der Waals surface area contributed by atoms with Gasteiger partial charge in [-0.1, -0.05) is 0 Å². The van der Waals surface area contributed by atoms with Crippen molar-refractivity contribution in [1.82, 2.24) is 0 Å². The van der Waals surface area contributed by atoms with E-state index in [9.17, 15) is 0 Å². The fourth-order valence-electron chi connectivity index (χ4n) is 0.660. The standard InChI is InChI=1S/C6H8AsCl2N/c8-7(9,10)6-4-2-1-3-5-6/h1-5,7H,10H2. The van der Waals surface area contributed by atoms with Crippen molar-refractivity contribution in [3.8, 4) is 0 Å². The van der Waals surface area contributed by atoms with Crippen LogP contribution in [0, 0.1) is 0 Å². The number of halogens is 2. The van der Waals surface area contributed by atoms with Gasteiger partial charge in [0.1, 0.15) is 0 Å². The van der Waals surface area contributed by atoms with Crippen LogP contribution in [-0.4, -0.2) is 11.9 Å². The summed E-state index contributed by atoms with van der Waals surface area (Å²) in [5.74, 6) is 0. The zero-order chi connectivity index (χ0) is 7.61. The first kappa shape index (κ1) is 8.42. The normalized spacial score (nSPS) is 13.1. The van der Waals surface area contributed by atoms with Crippen LogP contribution in [0.2, 0.25) is 0 Å². The topological polar surface area (TPSA) is 26.0 Å². The van der Waals surface area contributed by atoms with Crippen molar-refractivity contribution in [3.63, 3.8) is 0 Å². The molecule has 10 heavy (non-hydrogen) atoms. The molecule has 0 heterocycles. The molecule has 4 heteroatoms. The van der Waals surface area contributed by atoms with Gasteiger partial charge in [0.15, 0.2) is 0 Å². The molecule has 0 aliphatic rings. The summed E-state index contributed by atoms with van der Waals surface area (Å²) < 4.78 is 6.47. The van der Waals surface area contributed by atoms with Crippen LogP contribution in [0.1, 0.15) is 0 Å². The summed E-state index contributed by atoms with van der Waals surface area (Å²) in [6.45, 7) is 0. The Balaban J connectivity index is 2.97. The molecule has 0 saturated heterocycles. The summed E-state index contributed by atoms with van der Waals surface area (Å²) in [5, 5.41) is 0. The second-order valence-corrected chi connectivity index (χ2v) is 13.0. The van der Waals surface area contributed by atoms with E-state index in [1.807, 2.05) is 30.3 Å². The summed E-state index contributed by atoms with van der Waals surface area (Å²) in [4.78, 5) is 0. The van der Waals surface area contributed by atoms with Gasteiger partial charge in [0, 0.05) is 0 Å². The molecule has 1 nitrogen and oxygen atoms in total. The molecule has 0 aromatic heterocycles. The first-order chi connectivity index (χ1) is 4.61. The molecule has 0 atom stereocenters. The van der Waals surface area contributed by atoms with Gasteiger partial charge in [-0.2, -0.15) is 0 Å². The molecule has 0 radical (unpaired) electrons. The van der Waals surface area contributed by atoms with E-state index >= 15 is 0 Å². The van der Waals surface area contributed by atoms with E-state index in [1.54, 1.807) is 0 Å². The molecule has 0 unspecified atom stereocenters. The predicted molar refractivity (Wildman–Crippen MR) is 49.1 cm³/mol. The molecule has 0 aliphatic carbocycles. The van der Waals surface area contributed by atoms with Gasteiger partial charge in [0.25, 0.3) is 0 Å². The van der Waals surface area contributed by atoms with Crippen molar-refractivity contribution < 1.29 is 0 Å². The van der Waals surface area contributed by atoms with Crippen molar-refractivity contribution in [2.75, 3.05) is 0 Å². The van der Waals surface area contributed by atoms with E-state index in [0.717, 1.165) is 4.35 Å². The van der Waals surface area contributed by atoms with Crippen molar-refractivity contribution >= 4 is 36.1 Å². The van der Waals surface area contributed by atoms with Gasteiger partial charge in [0.2, 0.25) is 0 Å². The van der Waals surface area contributed by atoms with E-state index < -0.39 is 11.9 Å². The molecule has 1 aromatic carbocycles. The van der Waals surface area contributed by atoms with E-state index in [2.05, 4.69) is 0 Å². The summed E-state index contributed by atoms with van der Waals surface area (Å²) in [6.07, 6.45) is 0. The molecule has 1 rings (SSSR count). The molecule has 0 amide bonds. The number of hydrogen-bond acceptors (Lipinski definition) is 1. The van der Waals surface area contributed by atoms with Crippen LogP contribution in [0.3, 0.4) is 0 Å². The molecule has 0 bridgehead atoms. The van der Waals surface area contributed by atoms with E-state index in [-0.39, 0.29) is 0 Å². The first-order valence-electron chi connectivity index (χ1n) is 2.83. The van der Waals surface area contributed by atoms with Gasteiger partial charge in [-0.3, -0.25) is 0 Å². The Kier molecular flexibility index (Phi) is 2.65. The number of rotatable bonds is 1. The Bertz CT molecular complexity index is 207. The van der Waals surface area contributed by atoms with Gasteiger partial charge < -0.3 is 0 Å². The average Bonchev–Trinajstić information content (AvgIpc) is 1.88. The minimum atomic E-state index is -3.05. The molecule has 0 fully saturated rings. The monoisotopic (exact) mass is 239 g/mol. The predicted octanol–water partition coefficient (Wildman–Crippen LogP) is 1.00.